The molecule has 0 spiro atoms. The van der Waals surface area contributed by atoms with Crippen LogP contribution < -0.4 is 4.18 Å². The molecule has 0 aliphatic carbocycles. The molecule has 1 aliphatic rings. The Hall–Kier alpha value is -3.52. The van der Waals surface area contributed by atoms with Gasteiger partial charge in [0.05, 0.1) is 0 Å². The van der Waals surface area contributed by atoms with Gasteiger partial charge in [0, 0.05) is 23.5 Å². The number of hydrogen-bond acceptors (Lipinski definition) is 7. The Bertz CT molecular complexity index is 1370. The largest absolute Gasteiger partial charge is 0.485 e. The first-order valence-electron chi connectivity index (χ1n) is 9.91. The van der Waals surface area contributed by atoms with Crippen LogP contribution in [0, 0.1) is 6.92 Å². The number of esters is 1. The van der Waals surface area contributed by atoms with Crippen molar-refractivity contribution in [2.24, 2.45) is 0 Å². The molecule has 0 saturated heterocycles. The second kappa shape index (κ2) is 8.20. The van der Waals surface area contributed by atoms with Gasteiger partial charge in [0.1, 0.15) is 28.6 Å². The quantitative estimate of drug-likeness (QED) is 0.391. The van der Waals surface area contributed by atoms with Crippen molar-refractivity contribution >= 4 is 32.8 Å². The lowest BCUT2D eigenvalue weighted by Gasteiger charge is -2.21. The zero-order valence-corrected chi connectivity index (χ0v) is 18.9. The lowest BCUT2D eigenvalue weighted by atomic mass is 10.1. The Morgan fingerprint density at radius 3 is 2.41 bits per heavy atom. The highest BCUT2D eigenvalue weighted by atomic mass is 32.2. The molecule has 0 atom stereocenters. The fourth-order valence-electron chi connectivity index (χ4n) is 3.41. The first-order chi connectivity index (χ1) is 15.1. The molecule has 3 aromatic rings. The Morgan fingerprint density at radius 2 is 1.72 bits per heavy atom. The van der Waals surface area contributed by atoms with Gasteiger partial charge in [-0.15, -0.1) is 0 Å². The molecule has 0 radical (unpaired) electrons. The number of furan rings is 1. The maximum Gasteiger partial charge on any atom is 0.339 e. The van der Waals surface area contributed by atoms with Crippen LogP contribution in [0.2, 0.25) is 0 Å². The summed E-state index contributed by atoms with van der Waals surface area (Å²) in [4.78, 5) is 11.5. The molecule has 7 nitrogen and oxygen atoms in total. The number of benzene rings is 2. The Balaban J connectivity index is 1.66. The van der Waals surface area contributed by atoms with Gasteiger partial charge < -0.3 is 18.1 Å². The van der Waals surface area contributed by atoms with Gasteiger partial charge in [0.25, 0.3) is 0 Å². The smallest absolute Gasteiger partial charge is 0.339 e. The second-order valence-corrected chi connectivity index (χ2v) is 9.15. The maximum atomic E-state index is 12.6. The highest BCUT2D eigenvalue weighted by Crippen LogP contribution is 2.36. The van der Waals surface area contributed by atoms with Crippen molar-refractivity contribution in [2.45, 2.75) is 32.6 Å². The van der Waals surface area contributed by atoms with E-state index in [9.17, 15) is 13.2 Å². The van der Waals surface area contributed by atoms with E-state index >= 15 is 0 Å². The third-order valence-electron chi connectivity index (χ3n) is 4.97. The Morgan fingerprint density at radius 1 is 1.00 bits per heavy atom. The Kier molecular flexibility index (Phi) is 5.56. The van der Waals surface area contributed by atoms with Gasteiger partial charge in [-0.05, 0) is 57.2 Å². The van der Waals surface area contributed by atoms with E-state index in [-0.39, 0.29) is 17.3 Å². The zero-order valence-electron chi connectivity index (χ0n) is 18.1. The second-order valence-electron chi connectivity index (χ2n) is 7.61. The van der Waals surface area contributed by atoms with Crippen LogP contribution in [0.3, 0.4) is 0 Å². The molecule has 32 heavy (non-hydrogen) atoms. The summed E-state index contributed by atoms with van der Waals surface area (Å²) in [6.45, 7) is 7.09. The van der Waals surface area contributed by atoms with E-state index in [0.29, 0.717) is 33.8 Å². The standard InChI is InChI=1S/C24H22O7S/c1-14-5-8-20(9-6-14)32(26,27)31-19-7-10-21-18(11-19)12-22(30-21)24-16(3)23(29-17(4)25)15(2)13-28-24/h5-12H,13H2,1-4H3. The molecule has 2 aromatic carbocycles. The highest BCUT2D eigenvalue weighted by Gasteiger charge is 2.24. The van der Waals surface area contributed by atoms with Crippen LogP contribution in [0.25, 0.3) is 16.7 Å². The average Bonchev–Trinajstić information content (AvgIpc) is 3.14. The molecule has 0 N–H and O–H groups in total. The minimum absolute atomic E-state index is 0.0765. The van der Waals surface area contributed by atoms with Crippen LogP contribution >= 0.6 is 0 Å². The molecule has 0 bridgehead atoms. The van der Waals surface area contributed by atoms with Gasteiger partial charge >= 0.3 is 16.1 Å². The minimum atomic E-state index is -3.97. The monoisotopic (exact) mass is 454 g/mol. The Labute approximate surface area is 186 Å². The molecule has 0 amide bonds. The van der Waals surface area contributed by atoms with Crippen molar-refractivity contribution in [3.05, 3.63) is 76.8 Å². The summed E-state index contributed by atoms with van der Waals surface area (Å²) >= 11 is 0. The van der Waals surface area contributed by atoms with Gasteiger partial charge in [0.15, 0.2) is 11.5 Å². The number of ether oxygens (including phenoxy) is 2. The van der Waals surface area contributed by atoms with Gasteiger partial charge in [-0.3, -0.25) is 4.79 Å². The topological polar surface area (TPSA) is 92.0 Å². The molecule has 2 heterocycles. The summed E-state index contributed by atoms with van der Waals surface area (Å²) in [7, 11) is -3.97. The van der Waals surface area contributed by atoms with E-state index in [1.54, 1.807) is 37.3 Å². The predicted molar refractivity (Wildman–Crippen MR) is 118 cm³/mol. The molecule has 0 saturated carbocycles. The van der Waals surface area contributed by atoms with E-state index in [1.165, 1.54) is 25.1 Å². The normalized spacial score (nSPS) is 14.5. The van der Waals surface area contributed by atoms with E-state index in [2.05, 4.69) is 0 Å². The predicted octanol–water partition coefficient (Wildman–Crippen LogP) is 5.11. The van der Waals surface area contributed by atoms with Gasteiger partial charge in [0.2, 0.25) is 0 Å². The molecule has 1 aliphatic heterocycles. The van der Waals surface area contributed by atoms with Gasteiger partial charge in [-0.2, -0.15) is 8.42 Å². The number of fused-ring (bicyclic) bond motifs is 1. The number of allylic oxidation sites excluding steroid dienone is 1. The first kappa shape index (κ1) is 21.7. The lowest BCUT2D eigenvalue weighted by Crippen LogP contribution is -2.13. The van der Waals surface area contributed by atoms with Crippen molar-refractivity contribution < 1.29 is 31.3 Å². The number of aryl methyl sites for hydroxylation is 1. The molecule has 1 aromatic heterocycles. The van der Waals surface area contributed by atoms with Crippen molar-refractivity contribution in [2.75, 3.05) is 6.61 Å². The van der Waals surface area contributed by atoms with Crippen LogP contribution in [-0.2, 0) is 24.4 Å². The van der Waals surface area contributed by atoms with Crippen molar-refractivity contribution in [3.63, 3.8) is 0 Å². The van der Waals surface area contributed by atoms with Crippen LogP contribution in [-0.4, -0.2) is 21.0 Å². The summed E-state index contributed by atoms with van der Waals surface area (Å²) in [6, 6.07) is 12.9. The van der Waals surface area contributed by atoms with E-state index < -0.39 is 16.1 Å². The molecular weight excluding hydrogens is 432 g/mol. The number of carbonyl (C=O) groups is 1. The van der Waals surface area contributed by atoms with Gasteiger partial charge in [-0.25, -0.2) is 0 Å². The number of carbonyl (C=O) groups excluding carboxylic acids is 1. The highest BCUT2D eigenvalue weighted by molar-refractivity contribution is 7.87. The lowest BCUT2D eigenvalue weighted by molar-refractivity contribution is -0.136. The SMILES string of the molecule is CC(=O)OC1=C(C)COC(c2cc3cc(OS(=O)(=O)c4ccc(C)cc4)ccc3o2)=C1C. The van der Waals surface area contributed by atoms with Crippen molar-refractivity contribution in [1.82, 2.24) is 0 Å². The number of rotatable bonds is 5. The summed E-state index contributed by atoms with van der Waals surface area (Å²) in [5.74, 6) is 1.11. The summed E-state index contributed by atoms with van der Waals surface area (Å²) < 4.78 is 47.5. The van der Waals surface area contributed by atoms with E-state index in [0.717, 1.165) is 11.1 Å². The minimum Gasteiger partial charge on any atom is -0.485 e. The summed E-state index contributed by atoms with van der Waals surface area (Å²) in [5, 5.41) is 0.640. The fraction of sp³-hybridized carbons (Fsp3) is 0.208. The molecule has 0 fully saturated rings. The molecule has 8 heteroatoms. The fourth-order valence-corrected chi connectivity index (χ4v) is 4.33. The van der Waals surface area contributed by atoms with Crippen LogP contribution in [0.5, 0.6) is 5.75 Å². The average molecular weight is 455 g/mol. The zero-order chi connectivity index (χ0) is 23.0. The van der Waals surface area contributed by atoms with E-state index in [1.807, 2.05) is 13.8 Å². The molecule has 166 valence electrons. The van der Waals surface area contributed by atoms with Crippen LogP contribution in [0.15, 0.2) is 74.7 Å². The van der Waals surface area contributed by atoms with Crippen molar-refractivity contribution in [3.8, 4) is 5.75 Å². The van der Waals surface area contributed by atoms with Crippen LogP contribution in [0.4, 0.5) is 0 Å². The van der Waals surface area contributed by atoms with Crippen molar-refractivity contribution in [1.29, 1.82) is 0 Å². The van der Waals surface area contributed by atoms with Crippen LogP contribution in [0.1, 0.15) is 32.1 Å². The molecule has 4 rings (SSSR count). The third-order valence-corrected chi connectivity index (χ3v) is 6.24. The first-order valence-corrected chi connectivity index (χ1v) is 11.3. The van der Waals surface area contributed by atoms with Gasteiger partial charge in [-0.1, -0.05) is 17.7 Å². The molecular formula is C24H22O7S. The molecule has 0 unspecified atom stereocenters. The number of hydrogen-bond donors (Lipinski definition) is 0. The van der Waals surface area contributed by atoms with E-state index in [4.69, 9.17) is 18.1 Å². The summed E-state index contributed by atoms with van der Waals surface area (Å²) in [6.07, 6.45) is 0. The summed E-state index contributed by atoms with van der Waals surface area (Å²) in [5.41, 5.74) is 2.92. The maximum absolute atomic E-state index is 12.6. The third kappa shape index (κ3) is 4.27.